The molecule has 2 fully saturated rings. The highest BCUT2D eigenvalue weighted by Gasteiger charge is 2.40. The van der Waals surface area contributed by atoms with Crippen LogP contribution in [0.15, 0.2) is 103 Å². The maximum absolute atomic E-state index is 14.2. The summed E-state index contributed by atoms with van der Waals surface area (Å²) in [6, 6.07) is 30.6. The zero-order valence-corrected chi connectivity index (χ0v) is 50.1. The Balaban J connectivity index is 0.760. The summed E-state index contributed by atoms with van der Waals surface area (Å²) >= 11 is 3.05. The topological polar surface area (TPSA) is 188 Å². The van der Waals surface area contributed by atoms with Crippen molar-refractivity contribution in [1.82, 2.24) is 30.5 Å². The van der Waals surface area contributed by atoms with Crippen LogP contribution in [0.3, 0.4) is 0 Å². The van der Waals surface area contributed by atoms with Gasteiger partial charge in [0.1, 0.15) is 17.2 Å². The smallest absolute Gasteiger partial charge is 0.358 e. The Morgan fingerprint density at radius 3 is 2.32 bits per heavy atom. The molecule has 3 amide bonds. The summed E-state index contributed by atoms with van der Waals surface area (Å²) < 4.78 is 13.8. The molecule has 4 N–H and O–H groups in total. The second-order valence-electron chi connectivity index (χ2n) is 24.5. The van der Waals surface area contributed by atoms with E-state index in [0.29, 0.717) is 67.5 Å². The molecule has 4 atom stereocenters. The molecule has 1 aliphatic carbocycles. The Morgan fingerprint density at radius 2 is 1.60 bits per heavy atom. The molecule has 0 spiro atoms. The number of likely N-dealkylation sites (tertiary alicyclic amines) is 1. The van der Waals surface area contributed by atoms with Gasteiger partial charge in [-0.1, -0.05) is 92.8 Å². The van der Waals surface area contributed by atoms with Crippen LogP contribution in [-0.4, -0.2) is 98.2 Å². The molecule has 0 bridgehead atoms. The molecule has 0 unspecified atom stereocenters. The van der Waals surface area contributed by atoms with E-state index in [0.717, 1.165) is 85.6 Å². The van der Waals surface area contributed by atoms with Crippen molar-refractivity contribution in [2.24, 2.45) is 11.3 Å². The first-order valence-corrected chi connectivity index (χ1v) is 30.4. The number of fused-ring (bicyclic) bond motifs is 2. The number of ether oxygens (including phenoxy) is 2. The number of esters is 1. The number of aryl methyl sites for hydroxylation is 1. The monoisotopic (exact) mass is 1140 g/mol. The van der Waals surface area contributed by atoms with E-state index < -0.39 is 23.7 Å². The minimum absolute atomic E-state index is 0.0154. The van der Waals surface area contributed by atoms with E-state index in [1.165, 1.54) is 11.3 Å². The second-order valence-corrected chi connectivity index (χ2v) is 26.4. The lowest BCUT2D eigenvalue weighted by Crippen LogP contribution is -2.54. The zero-order valence-electron chi connectivity index (χ0n) is 48.5. The van der Waals surface area contributed by atoms with Crippen molar-refractivity contribution in [3.05, 3.63) is 142 Å². The van der Waals surface area contributed by atoms with E-state index in [1.54, 1.807) is 11.3 Å². The van der Waals surface area contributed by atoms with E-state index in [9.17, 15) is 24.3 Å². The maximum Gasteiger partial charge on any atom is 0.358 e. The molecular formula is C65H76N8O7S2. The number of nitrogens with one attached hydrogen (secondary N) is 3. The third kappa shape index (κ3) is 13.5. The third-order valence-electron chi connectivity index (χ3n) is 16.2. The maximum atomic E-state index is 14.2. The average molecular weight is 1150 g/mol. The third-order valence-corrected chi connectivity index (χ3v) is 18.2. The van der Waals surface area contributed by atoms with E-state index in [-0.39, 0.29) is 52.9 Å². The summed E-state index contributed by atoms with van der Waals surface area (Å²) in [6.07, 6.45) is 3.92. The Labute approximate surface area is 489 Å². The van der Waals surface area contributed by atoms with Gasteiger partial charge in [0.25, 0.3) is 5.91 Å². The van der Waals surface area contributed by atoms with Crippen LogP contribution in [0, 0.1) is 25.2 Å². The minimum atomic E-state index is -0.770. The molecule has 2 aliphatic heterocycles. The molecule has 15 nitrogen and oxygen atoms in total. The summed E-state index contributed by atoms with van der Waals surface area (Å²) in [4.78, 5) is 75.2. The van der Waals surface area contributed by atoms with Crippen LogP contribution in [0.4, 0.5) is 10.9 Å². The molecule has 17 heteroatoms. The van der Waals surface area contributed by atoms with Gasteiger partial charge in [-0.15, -0.1) is 11.3 Å². The fraction of sp³-hybridized carbons (Fsp3) is 0.431. The number of nitrogens with zero attached hydrogens (tertiary/aromatic N) is 5. The first-order valence-electron chi connectivity index (χ1n) is 28.7. The van der Waals surface area contributed by atoms with Crippen LogP contribution < -0.4 is 25.6 Å². The number of para-hydroxylation sites is 1. The van der Waals surface area contributed by atoms with Crippen molar-refractivity contribution in [2.45, 2.75) is 150 Å². The lowest BCUT2D eigenvalue weighted by Gasteiger charge is -2.37. The van der Waals surface area contributed by atoms with Gasteiger partial charge in [-0.3, -0.25) is 24.6 Å². The summed E-state index contributed by atoms with van der Waals surface area (Å²) in [5.41, 5.74) is 9.76. The van der Waals surface area contributed by atoms with E-state index in [2.05, 4.69) is 69.8 Å². The predicted molar refractivity (Wildman–Crippen MR) is 326 cm³/mol. The quantitative estimate of drug-likeness (QED) is 0.0672. The SMILES string of the molecule is Cc1ncsc1-c1ccc([C@H](C)NC(=O)[C@@H]2C[C@@H](O)CN2C[C@@H](NC(=O)CC2CCC(Oc3cccc(-c4ccc(N5CCc6cccc(C(=O)Nc7nc8ccccc8s7)c6C5)nc4C(=O)OC(C)(C)C)c3C)CC2)C(C)(C)C)cc1. The van der Waals surface area contributed by atoms with Gasteiger partial charge in [-0.2, -0.15) is 0 Å². The van der Waals surface area contributed by atoms with Crippen molar-refractivity contribution in [3.8, 4) is 27.3 Å². The largest absolute Gasteiger partial charge is 0.490 e. The van der Waals surface area contributed by atoms with Crippen LogP contribution in [0.25, 0.3) is 31.8 Å². The van der Waals surface area contributed by atoms with Crippen LogP contribution in [0.5, 0.6) is 5.75 Å². The molecule has 0 radical (unpaired) electrons. The minimum Gasteiger partial charge on any atom is -0.490 e. The number of aromatic nitrogens is 3. The van der Waals surface area contributed by atoms with Gasteiger partial charge in [-0.25, -0.2) is 19.7 Å². The molecule has 7 aromatic rings. The van der Waals surface area contributed by atoms with E-state index >= 15 is 0 Å². The number of benzene rings is 4. The van der Waals surface area contributed by atoms with Crippen LogP contribution >= 0.6 is 22.7 Å². The van der Waals surface area contributed by atoms with Crippen LogP contribution in [0.1, 0.15) is 142 Å². The number of hydrogen-bond donors (Lipinski definition) is 4. The highest BCUT2D eigenvalue weighted by molar-refractivity contribution is 7.22. The molecular weight excluding hydrogens is 1070 g/mol. The number of thiazole rings is 2. The van der Waals surface area contributed by atoms with Crippen molar-refractivity contribution >= 4 is 67.5 Å². The van der Waals surface area contributed by atoms with Gasteiger partial charge in [0.15, 0.2) is 10.8 Å². The number of rotatable bonds is 16. The van der Waals surface area contributed by atoms with Gasteiger partial charge in [0, 0.05) is 49.8 Å². The molecule has 3 aromatic heterocycles. The molecule has 10 rings (SSSR count). The van der Waals surface area contributed by atoms with E-state index in [4.69, 9.17) is 14.5 Å². The molecule has 82 heavy (non-hydrogen) atoms. The van der Waals surface area contributed by atoms with Gasteiger partial charge >= 0.3 is 5.97 Å². The summed E-state index contributed by atoms with van der Waals surface area (Å²) in [5.74, 6) is 0.602. The lowest BCUT2D eigenvalue weighted by atomic mass is 9.83. The molecule has 3 aliphatic rings. The number of carbonyl (C=O) groups excluding carboxylic acids is 4. The highest BCUT2D eigenvalue weighted by atomic mass is 32.1. The fourth-order valence-electron chi connectivity index (χ4n) is 11.6. The highest BCUT2D eigenvalue weighted by Crippen LogP contribution is 2.38. The van der Waals surface area contributed by atoms with Crippen LogP contribution in [-0.2, 0) is 27.3 Å². The lowest BCUT2D eigenvalue weighted by molar-refractivity contribution is -0.126. The van der Waals surface area contributed by atoms with Crippen molar-refractivity contribution < 1.29 is 33.8 Å². The number of aliphatic hydroxyl groups is 1. The van der Waals surface area contributed by atoms with Gasteiger partial charge < -0.3 is 30.1 Å². The first kappa shape index (κ1) is 58.2. The number of hydrogen-bond acceptors (Lipinski definition) is 14. The number of pyridine rings is 1. The average Bonchev–Trinajstić information content (AvgIpc) is 4.30. The summed E-state index contributed by atoms with van der Waals surface area (Å²) in [7, 11) is 0. The number of aliphatic hydroxyl groups excluding tert-OH is 1. The molecule has 4 aromatic carbocycles. The molecule has 1 saturated carbocycles. The summed E-state index contributed by atoms with van der Waals surface area (Å²) in [5, 5.41) is 21.0. The molecule has 1 saturated heterocycles. The van der Waals surface area contributed by atoms with Crippen LogP contribution in [0.2, 0.25) is 0 Å². The Morgan fingerprint density at radius 1 is 0.841 bits per heavy atom. The zero-order chi connectivity index (χ0) is 58.0. The van der Waals surface area contributed by atoms with Crippen molar-refractivity contribution in [3.63, 3.8) is 0 Å². The fourth-order valence-corrected chi connectivity index (χ4v) is 13.3. The number of carbonyl (C=O) groups is 4. The van der Waals surface area contributed by atoms with Crippen molar-refractivity contribution in [1.29, 1.82) is 0 Å². The van der Waals surface area contributed by atoms with Crippen molar-refractivity contribution in [2.75, 3.05) is 29.9 Å². The number of amides is 3. The predicted octanol–water partition coefficient (Wildman–Crippen LogP) is 12.0. The van der Waals surface area contributed by atoms with Gasteiger partial charge in [-0.05, 0) is 161 Å². The Kier molecular flexibility index (Phi) is 17.3. The standard InChI is InChI=1S/C65H76N8O7S2/c1-38-47(48-28-29-56(70-58(48)62(78)80-65(7,8)9)72-31-30-43-14-12-16-49(50(43)35-72)60(76)71-63-68-51-17-10-11-19-54(51)82-63)15-13-18-53(38)79-46-26-20-41(21-27-46)32-57(75)69-55(64(4,5)6)36-73-34-45(74)33-52(73)61(77)67-39(2)42-22-24-44(25-23-42)59-40(3)66-37-81-59/h10-19,22-25,28-29,37,39,41,45-46,52,55,74H,20-21,26-27,30-36H2,1-9H3,(H,67,77)(H,69,75)(H,68,71,76)/t39-,41?,45+,46?,52-,55+/m0/s1. The number of β-amino-alcohol motifs (C(OH)–C–C–N with tert-alkyl or cyclic N) is 1. The Hall–Kier alpha value is -7.05. The van der Waals surface area contributed by atoms with Gasteiger partial charge in [0.05, 0.1) is 50.6 Å². The normalized spacial score (nSPS) is 19.3. The second kappa shape index (κ2) is 24.4. The summed E-state index contributed by atoms with van der Waals surface area (Å²) in [6.45, 7) is 19.7. The molecule has 430 valence electrons. The van der Waals surface area contributed by atoms with Gasteiger partial charge in [0.2, 0.25) is 11.8 Å². The Bertz CT molecular complexity index is 3430. The molecule has 5 heterocycles. The van der Waals surface area contributed by atoms with E-state index in [1.807, 2.05) is 131 Å². The number of anilines is 2. The first-order chi connectivity index (χ1) is 39.1.